The van der Waals surface area contributed by atoms with Gasteiger partial charge >= 0.3 is 0 Å². The zero-order chi connectivity index (χ0) is 20.7. The summed E-state index contributed by atoms with van der Waals surface area (Å²) in [6, 6.07) is 6.97. The van der Waals surface area contributed by atoms with E-state index in [9.17, 15) is 9.59 Å². The number of carbonyl (C=O) groups excluding carboxylic acids is 2. The van der Waals surface area contributed by atoms with Crippen LogP contribution in [-0.4, -0.2) is 62.6 Å². The van der Waals surface area contributed by atoms with Gasteiger partial charge in [0.25, 0.3) is 11.8 Å². The van der Waals surface area contributed by atoms with Crippen molar-refractivity contribution in [2.24, 2.45) is 10.4 Å². The molecule has 1 aliphatic heterocycles. The summed E-state index contributed by atoms with van der Waals surface area (Å²) in [4.78, 5) is 31.1. The standard InChI is InChI=1S/C22H32N4O3/c1-3-23-21(25-16-22(12-15-29-2)10-6-7-11-22)24-13-14-26-19(27)17-8-4-5-9-18(17)20(26)28/h4-5,8-9H,3,6-7,10-16H2,1-2H3,(H2,23,24,25). The number of aliphatic imine (C=N–C) groups is 1. The van der Waals surface area contributed by atoms with E-state index < -0.39 is 0 Å². The predicted molar refractivity (Wildman–Crippen MR) is 113 cm³/mol. The van der Waals surface area contributed by atoms with Crippen LogP contribution in [0.4, 0.5) is 0 Å². The summed E-state index contributed by atoms with van der Waals surface area (Å²) in [5.74, 6) is 0.283. The van der Waals surface area contributed by atoms with E-state index in [1.165, 1.54) is 30.6 Å². The van der Waals surface area contributed by atoms with Crippen molar-refractivity contribution in [1.29, 1.82) is 0 Å². The van der Waals surface area contributed by atoms with E-state index in [1.54, 1.807) is 31.4 Å². The van der Waals surface area contributed by atoms with E-state index in [4.69, 9.17) is 9.73 Å². The lowest BCUT2D eigenvalue weighted by molar-refractivity contribution is 0.0657. The zero-order valence-corrected chi connectivity index (χ0v) is 17.5. The van der Waals surface area contributed by atoms with Crippen LogP contribution in [0.15, 0.2) is 29.3 Å². The molecule has 0 unspecified atom stereocenters. The van der Waals surface area contributed by atoms with Gasteiger partial charge in [-0.1, -0.05) is 25.0 Å². The molecule has 1 aliphatic carbocycles. The van der Waals surface area contributed by atoms with Crippen LogP contribution >= 0.6 is 0 Å². The summed E-state index contributed by atoms with van der Waals surface area (Å²) in [6.07, 6.45) is 5.91. The van der Waals surface area contributed by atoms with Gasteiger partial charge in [0.1, 0.15) is 0 Å². The molecule has 1 heterocycles. The Labute approximate surface area is 172 Å². The fourth-order valence-corrected chi connectivity index (χ4v) is 4.25. The topological polar surface area (TPSA) is 83.0 Å². The SMILES string of the molecule is CCNC(=NCC1(CCOC)CCCC1)NCCN1C(=O)c2ccccc2C1=O. The number of ether oxygens (including phenoxy) is 1. The van der Waals surface area contributed by atoms with Crippen molar-refractivity contribution in [3.63, 3.8) is 0 Å². The van der Waals surface area contributed by atoms with Crippen LogP contribution in [0.3, 0.4) is 0 Å². The minimum atomic E-state index is -0.223. The number of methoxy groups -OCH3 is 1. The minimum Gasteiger partial charge on any atom is -0.385 e. The van der Waals surface area contributed by atoms with Gasteiger partial charge in [0.05, 0.1) is 11.1 Å². The van der Waals surface area contributed by atoms with Crippen molar-refractivity contribution in [3.8, 4) is 0 Å². The third-order valence-corrected chi connectivity index (χ3v) is 5.92. The van der Waals surface area contributed by atoms with Crippen LogP contribution in [0.25, 0.3) is 0 Å². The summed E-state index contributed by atoms with van der Waals surface area (Å²) in [6.45, 7) is 5.08. The number of carbonyl (C=O) groups is 2. The summed E-state index contributed by atoms with van der Waals surface area (Å²) < 4.78 is 5.30. The van der Waals surface area contributed by atoms with Crippen molar-refractivity contribution < 1.29 is 14.3 Å². The molecule has 0 saturated heterocycles. The fourth-order valence-electron chi connectivity index (χ4n) is 4.25. The molecule has 1 fully saturated rings. The van der Waals surface area contributed by atoms with Gasteiger partial charge in [0, 0.05) is 39.9 Å². The zero-order valence-electron chi connectivity index (χ0n) is 17.5. The first-order chi connectivity index (χ1) is 14.1. The number of amides is 2. The lowest BCUT2D eigenvalue weighted by Gasteiger charge is -2.27. The molecule has 0 atom stereocenters. The maximum atomic E-state index is 12.5. The molecule has 0 radical (unpaired) electrons. The average molecular weight is 401 g/mol. The number of hydrogen-bond acceptors (Lipinski definition) is 4. The molecule has 0 spiro atoms. The summed E-state index contributed by atoms with van der Waals surface area (Å²) in [5, 5.41) is 6.54. The number of benzene rings is 1. The largest absolute Gasteiger partial charge is 0.385 e. The maximum Gasteiger partial charge on any atom is 0.261 e. The second-order valence-electron chi connectivity index (χ2n) is 7.88. The highest BCUT2D eigenvalue weighted by Crippen LogP contribution is 2.41. The second-order valence-corrected chi connectivity index (χ2v) is 7.88. The fraction of sp³-hybridized carbons (Fsp3) is 0.591. The average Bonchev–Trinajstić information content (AvgIpc) is 3.30. The molecule has 1 saturated carbocycles. The molecule has 7 nitrogen and oxygen atoms in total. The summed E-state index contributed by atoms with van der Waals surface area (Å²) in [5.41, 5.74) is 1.19. The second kappa shape index (κ2) is 9.87. The van der Waals surface area contributed by atoms with E-state index in [-0.39, 0.29) is 17.2 Å². The van der Waals surface area contributed by atoms with Gasteiger partial charge in [-0.3, -0.25) is 19.5 Å². The molecule has 0 aromatic heterocycles. The Morgan fingerprint density at radius 1 is 1.14 bits per heavy atom. The number of guanidine groups is 1. The van der Waals surface area contributed by atoms with E-state index in [0.29, 0.717) is 24.2 Å². The van der Waals surface area contributed by atoms with Gasteiger partial charge in [0.15, 0.2) is 5.96 Å². The quantitative estimate of drug-likeness (QED) is 0.378. The number of imide groups is 1. The third-order valence-electron chi connectivity index (χ3n) is 5.92. The van der Waals surface area contributed by atoms with E-state index >= 15 is 0 Å². The molecule has 158 valence electrons. The minimum absolute atomic E-state index is 0.223. The number of nitrogens with zero attached hydrogens (tertiary/aromatic N) is 2. The Balaban J connectivity index is 1.56. The van der Waals surface area contributed by atoms with Crippen LogP contribution < -0.4 is 10.6 Å². The Hall–Kier alpha value is -2.41. The Bertz CT molecular complexity index is 721. The van der Waals surface area contributed by atoms with Crippen LogP contribution in [0.1, 0.15) is 59.7 Å². The maximum absolute atomic E-state index is 12.5. The molecule has 7 heteroatoms. The van der Waals surface area contributed by atoms with Crippen molar-refractivity contribution >= 4 is 17.8 Å². The highest BCUT2D eigenvalue weighted by molar-refractivity contribution is 6.21. The number of hydrogen-bond donors (Lipinski definition) is 2. The molecule has 0 bridgehead atoms. The molecule has 2 amide bonds. The smallest absolute Gasteiger partial charge is 0.261 e. The van der Waals surface area contributed by atoms with E-state index in [0.717, 1.165) is 32.1 Å². The van der Waals surface area contributed by atoms with Gasteiger partial charge in [0.2, 0.25) is 0 Å². The normalized spacial score (nSPS) is 18.3. The van der Waals surface area contributed by atoms with Gasteiger partial charge < -0.3 is 15.4 Å². The molecule has 1 aromatic rings. The summed E-state index contributed by atoms with van der Waals surface area (Å²) >= 11 is 0. The van der Waals surface area contributed by atoms with Crippen molar-refractivity contribution in [2.45, 2.75) is 39.0 Å². The molecule has 1 aromatic carbocycles. The first-order valence-corrected chi connectivity index (χ1v) is 10.6. The Morgan fingerprint density at radius 2 is 1.79 bits per heavy atom. The number of fused-ring (bicyclic) bond motifs is 1. The third kappa shape index (κ3) is 4.96. The summed E-state index contributed by atoms with van der Waals surface area (Å²) in [7, 11) is 1.75. The van der Waals surface area contributed by atoms with Gasteiger partial charge in [-0.15, -0.1) is 0 Å². The predicted octanol–water partition coefficient (Wildman–Crippen LogP) is 2.43. The highest BCUT2D eigenvalue weighted by Gasteiger charge is 2.35. The lowest BCUT2D eigenvalue weighted by Crippen LogP contribution is -2.43. The van der Waals surface area contributed by atoms with E-state index in [1.807, 2.05) is 6.92 Å². The Kier molecular flexibility index (Phi) is 7.25. The van der Waals surface area contributed by atoms with Crippen LogP contribution in [0.2, 0.25) is 0 Å². The van der Waals surface area contributed by atoms with Gasteiger partial charge in [-0.2, -0.15) is 0 Å². The van der Waals surface area contributed by atoms with Crippen molar-refractivity contribution in [2.75, 3.05) is 39.9 Å². The van der Waals surface area contributed by atoms with E-state index in [2.05, 4.69) is 10.6 Å². The molecule has 29 heavy (non-hydrogen) atoms. The first-order valence-electron chi connectivity index (χ1n) is 10.6. The lowest BCUT2D eigenvalue weighted by atomic mass is 9.83. The van der Waals surface area contributed by atoms with Crippen molar-refractivity contribution in [1.82, 2.24) is 15.5 Å². The van der Waals surface area contributed by atoms with Crippen molar-refractivity contribution in [3.05, 3.63) is 35.4 Å². The molecule has 3 rings (SSSR count). The monoisotopic (exact) mass is 400 g/mol. The van der Waals surface area contributed by atoms with Gasteiger partial charge in [-0.25, -0.2) is 0 Å². The molecule has 2 aliphatic rings. The number of nitrogens with one attached hydrogen (secondary N) is 2. The Morgan fingerprint density at radius 3 is 2.38 bits per heavy atom. The van der Waals surface area contributed by atoms with Crippen LogP contribution in [0, 0.1) is 5.41 Å². The first kappa shape index (κ1) is 21.3. The van der Waals surface area contributed by atoms with Gasteiger partial charge in [-0.05, 0) is 43.7 Å². The molecular formula is C22H32N4O3. The molecule has 2 N–H and O–H groups in total. The highest BCUT2D eigenvalue weighted by atomic mass is 16.5. The van der Waals surface area contributed by atoms with Crippen LogP contribution in [-0.2, 0) is 4.74 Å². The molecular weight excluding hydrogens is 368 g/mol. The van der Waals surface area contributed by atoms with Crippen LogP contribution in [0.5, 0.6) is 0 Å². The number of rotatable bonds is 9.